The third-order valence-electron chi connectivity index (χ3n) is 5.41. The number of aromatic nitrogens is 4. The van der Waals surface area contributed by atoms with Crippen LogP contribution in [0.5, 0.6) is 11.5 Å². The topological polar surface area (TPSA) is 114 Å². The Morgan fingerprint density at radius 1 is 1.09 bits per heavy atom. The monoisotopic (exact) mass is 496 g/mol. The van der Waals surface area contributed by atoms with Crippen molar-refractivity contribution >= 4 is 33.7 Å². The van der Waals surface area contributed by atoms with Crippen molar-refractivity contribution in [3.63, 3.8) is 0 Å². The van der Waals surface area contributed by atoms with Gasteiger partial charge in [-0.25, -0.2) is 0 Å². The number of carbonyl (C=O) groups excluding carboxylic acids is 1. The minimum absolute atomic E-state index is 0.185. The molecule has 0 atom stereocenters. The van der Waals surface area contributed by atoms with Crippen LogP contribution in [0, 0.1) is 0 Å². The molecule has 1 amide bonds. The molecule has 0 spiro atoms. The number of rotatable bonds is 5. The molecule has 1 aliphatic rings. The SMILES string of the molecule is COc1ccccc1-n1nc(C(=O)N2CCN(c3nnc(-c4cccs4)s3)CC2)c(O)cc1=O. The molecule has 0 aliphatic carbocycles. The highest BCUT2D eigenvalue weighted by Gasteiger charge is 2.28. The van der Waals surface area contributed by atoms with E-state index in [1.807, 2.05) is 17.5 Å². The van der Waals surface area contributed by atoms with Crippen LogP contribution < -0.4 is 15.2 Å². The van der Waals surface area contributed by atoms with Crippen molar-refractivity contribution in [3.05, 3.63) is 63.9 Å². The van der Waals surface area contributed by atoms with E-state index in [1.54, 1.807) is 40.5 Å². The van der Waals surface area contributed by atoms with Crippen LogP contribution >= 0.6 is 22.7 Å². The van der Waals surface area contributed by atoms with E-state index in [1.165, 1.54) is 18.4 Å². The highest BCUT2D eigenvalue weighted by molar-refractivity contribution is 7.22. The molecule has 174 valence electrons. The van der Waals surface area contributed by atoms with Crippen molar-refractivity contribution in [1.29, 1.82) is 0 Å². The first-order valence-electron chi connectivity index (χ1n) is 10.4. The Morgan fingerprint density at radius 2 is 1.88 bits per heavy atom. The largest absolute Gasteiger partial charge is 0.505 e. The van der Waals surface area contributed by atoms with Crippen LogP contribution in [0.3, 0.4) is 0 Å². The zero-order valence-electron chi connectivity index (χ0n) is 18.1. The highest BCUT2D eigenvalue weighted by Crippen LogP contribution is 2.32. The second-order valence-corrected chi connectivity index (χ2v) is 9.35. The molecule has 5 rings (SSSR count). The van der Waals surface area contributed by atoms with E-state index >= 15 is 0 Å². The van der Waals surface area contributed by atoms with Crippen LogP contribution in [0.1, 0.15) is 10.5 Å². The number of hydrogen-bond acceptors (Lipinski definition) is 10. The van der Waals surface area contributed by atoms with Gasteiger partial charge in [-0.05, 0) is 23.6 Å². The van der Waals surface area contributed by atoms with Crippen LogP contribution in [0.25, 0.3) is 15.6 Å². The molecule has 0 bridgehead atoms. The summed E-state index contributed by atoms with van der Waals surface area (Å²) >= 11 is 3.13. The fourth-order valence-electron chi connectivity index (χ4n) is 3.67. The van der Waals surface area contributed by atoms with Gasteiger partial charge in [-0.1, -0.05) is 29.5 Å². The Balaban J connectivity index is 1.33. The van der Waals surface area contributed by atoms with Crippen molar-refractivity contribution in [2.45, 2.75) is 0 Å². The number of piperazine rings is 1. The molecule has 4 heterocycles. The third kappa shape index (κ3) is 4.13. The molecular weight excluding hydrogens is 476 g/mol. The summed E-state index contributed by atoms with van der Waals surface area (Å²) in [6.45, 7) is 1.97. The maximum Gasteiger partial charge on any atom is 0.278 e. The molecule has 1 fully saturated rings. The second kappa shape index (κ2) is 9.23. The van der Waals surface area contributed by atoms with E-state index in [0.717, 1.165) is 25.8 Å². The zero-order chi connectivity index (χ0) is 23.7. The Hall–Kier alpha value is -3.77. The van der Waals surface area contributed by atoms with Gasteiger partial charge in [0.15, 0.2) is 16.5 Å². The molecule has 10 nitrogen and oxygen atoms in total. The lowest BCUT2D eigenvalue weighted by Gasteiger charge is -2.34. The van der Waals surface area contributed by atoms with Crippen LogP contribution in [0.15, 0.2) is 52.6 Å². The smallest absolute Gasteiger partial charge is 0.278 e. The highest BCUT2D eigenvalue weighted by atomic mass is 32.1. The Labute approximate surface area is 202 Å². The summed E-state index contributed by atoms with van der Waals surface area (Å²) in [4.78, 5) is 30.4. The van der Waals surface area contributed by atoms with E-state index in [9.17, 15) is 14.7 Å². The first kappa shape index (κ1) is 22.0. The minimum Gasteiger partial charge on any atom is -0.505 e. The average Bonchev–Trinajstić information content (AvgIpc) is 3.56. The molecule has 0 saturated carbocycles. The first-order valence-corrected chi connectivity index (χ1v) is 12.1. The number of nitrogens with zero attached hydrogens (tertiary/aromatic N) is 6. The Bertz CT molecular complexity index is 1380. The summed E-state index contributed by atoms with van der Waals surface area (Å²) in [5.74, 6) is -0.473. The number of para-hydroxylation sites is 2. The van der Waals surface area contributed by atoms with Crippen molar-refractivity contribution in [2.75, 3.05) is 38.2 Å². The molecule has 34 heavy (non-hydrogen) atoms. The number of ether oxygens (including phenoxy) is 1. The van der Waals surface area contributed by atoms with Gasteiger partial charge in [0.1, 0.15) is 11.4 Å². The summed E-state index contributed by atoms with van der Waals surface area (Å²) in [7, 11) is 1.48. The van der Waals surface area contributed by atoms with Crippen LogP contribution in [-0.4, -0.2) is 69.2 Å². The molecule has 0 unspecified atom stereocenters. The lowest BCUT2D eigenvalue weighted by atomic mass is 10.2. The summed E-state index contributed by atoms with van der Waals surface area (Å²) in [6, 6.07) is 11.8. The van der Waals surface area contributed by atoms with Crippen molar-refractivity contribution in [3.8, 4) is 27.1 Å². The fraction of sp³-hybridized carbons (Fsp3) is 0.227. The number of anilines is 1. The Kier molecular flexibility index (Phi) is 5.99. The average molecular weight is 497 g/mol. The second-order valence-electron chi connectivity index (χ2n) is 7.45. The summed E-state index contributed by atoms with van der Waals surface area (Å²) < 4.78 is 6.37. The van der Waals surface area contributed by atoms with Gasteiger partial charge in [0.05, 0.1) is 12.0 Å². The number of benzene rings is 1. The third-order valence-corrected chi connectivity index (χ3v) is 7.43. The zero-order valence-corrected chi connectivity index (χ0v) is 19.8. The molecule has 1 saturated heterocycles. The number of methoxy groups -OCH3 is 1. The lowest BCUT2D eigenvalue weighted by Crippen LogP contribution is -2.49. The summed E-state index contributed by atoms with van der Waals surface area (Å²) in [5, 5.41) is 26.8. The molecule has 4 aromatic rings. The van der Waals surface area contributed by atoms with E-state index in [4.69, 9.17) is 4.74 Å². The predicted molar refractivity (Wildman–Crippen MR) is 129 cm³/mol. The molecule has 12 heteroatoms. The quantitative estimate of drug-likeness (QED) is 0.448. The van der Waals surface area contributed by atoms with E-state index in [2.05, 4.69) is 20.2 Å². The molecule has 1 aliphatic heterocycles. The molecule has 1 N–H and O–H groups in total. The normalized spacial score (nSPS) is 13.8. The summed E-state index contributed by atoms with van der Waals surface area (Å²) in [6.07, 6.45) is 0. The van der Waals surface area contributed by atoms with Gasteiger partial charge in [-0.2, -0.15) is 9.78 Å². The van der Waals surface area contributed by atoms with Crippen LogP contribution in [0.2, 0.25) is 0 Å². The number of thiophene rings is 1. The maximum atomic E-state index is 13.2. The van der Waals surface area contributed by atoms with Crippen LogP contribution in [0.4, 0.5) is 5.13 Å². The van der Waals surface area contributed by atoms with Gasteiger partial charge >= 0.3 is 0 Å². The minimum atomic E-state index is -0.568. The van der Waals surface area contributed by atoms with Gasteiger partial charge in [-0.15, -0.1) is 21.5 Å². The first-order chi connectivity index (χ1) is 16.5. The van der Waals surface area contributed by atoms with Crippen LogP contribution in [-0.2, 0) is 0 Å². The fourth-order valence-corrected chi connectivity index (χ4v) is 5.36. The number of hydrogen-bond donors (Lipinski definition) is 1. The van der Waals surface area contributed by atoms with E-state index in [-0.39, 0.29) is 5.69 Å². The summed E-state index contributed by atoms with van der Waals surface area (Å²) in [5.41, 5.74) is -0.372. The van der Waals surface area contributed by atoms with Gasteiger partial charge in [0.25, 0.3) is 11.5 Å². The molecule has 0 radical (unpaired) electrons. The predicted octanol–water partition coefficient (Wildman–Crippen LogP) is 2.49. The molecule has 1 aromatic carbocycles. The van der Waals surface area contributed by atoms with E-state index < -0.39 is 17.2 Å². The van der Waals surface area contributed by atoms with Gasteiger partial charge < -0.3 is 19.6 Å². The number of carbonyl (C=O) groups is 1. The van der Waals surface area contributed by atoms with Gasteiger partial charge in [0, 0.05) is 32.2 Å². The molecular formula is C22H20N6O4S2. The van der Waals surface area contributed by atoms with Crippen molar-refractivity contribution in [2.24, 2.45) is 0 Å². The standard InChI is InChI=1S/C22H20N6O4S2/c1-32-16-6-3-2-5-14(16)28-18(30)13-15(29)19(25-28)21(31)26-8-10-27(11-9-26)22-24-23-20(34-22)17-7-4-12-33-17/h2-7,12-13,29H,8-11H2,1H3. The van der Waals surface area contributed by atoms with Crippen molar-refractivity contribution in [1.82, 2.24) is 24.9 Å². The number of aromatic hydroxyl groups is 1. The maximum absolute atomic E-state index is 13.2. The lowest BCUT2D eigenvalue weighted by molar-refractivity contribution is 0.0735. The number of amides is 1. The Morgan fingerprint density at radius 3 is 2.62 bits per heavy atom. The van der Waals surface area contributed by atoms with Gasteiger partial charge in [0.2, 0.25) is 5.13 Å². The van der Waals surface area contributed by atoms with Gasteiger partial charge in [-0.3, -0.25) is 9.59 Å². The van der Waals surface area contributed by atoms with E-state index in [0.29, 0.717) is 37.6 Å². The molecule has 3 aromatic heterocycles. The van der Waals surface area contributed by atoms with Crippen molar-refractivity contribution < 1.29 is 14.6 Å².